The zero-order valence-electron chi connectivity index (χ0n) is 8.51. The molecule has 0 unspecified atom stereocenters. The van der Waals surface area contributed by atoms with Gasteiger partial charge in [-0.25, -0.2) is 0 Å². The first-order valence-electron chi connectivity index (χ1n) is 3.44. The number of carbonyl (C=O) groups is 1. The lowest BCUT2D eigenvalue weighted by atomic mass is 10.6. The lowest BCUT2D eigenvalue weighted by Crippen LogP contribution is -2.36. The summed E-state index contributed by atoms with van der Waals surface area (Å²) >= 11 is 0. The third-order valence-corrected chi connectivity index (χ3v) is 0.784. The number of aliphatic carboxylic acids is 1. The number of carboxylic acids is 1. The minimum Gasteiger partial charge on any atom is -0.480 e. The second-order valence-corrected chi connectivity index (χ2v) is 2.11. The van der Waals surface area contributed by atoms with Gasteiger partial charge in [-0.3, -0.25) is 10.2 Å². The molecule has 0 aromatic carbocycles. The quantitative estimate of drug-likeness (QED) is 0.161. The van der Waals surface area contributed by atoms with Crippen molar-refractivity contribution in [3.05, 3.63) is 20.2 Å². The van der Waals surface area contributed by atoms with E-state index in [1.54, 1.807) is 0 Å². The van der Waals surface area contributed by atoms with Crippen LogP contribution in [0.2, 0.25) is 0 Å². The minimum absolute atomic E-state index is 0.227. The summed E-state index contributed by atoms with van der Waals surface area (Å²) < 4.78 is 0. The van der Waals surface area contributed by atoms with Crippen molar-refractivity contribution >= 4 is 11.9 Å². The number of rotatable bonds is 2. The Morgan fingerprint density at radius 2 is 1.59 bits per heavy atom. The standard InChI is InChI=1S/C4H9N3O2.2HNO3/c1-7(4(5)6)2-3(8)9;2*2-1(3)4/h2H2,1H3,(H3,5,6)(H,8,9);2*(H,2,3,4). The number of guanidine groups is 1. The van der Waals surface area contributed by atoms with Crippen LogP contribution in [0.5, 0.6) is 0 Å². The number of hydrogen-bond acceptors (Lipinski definition) is 6. The molecular weight excluding hydrogens is 246 g/mol. The molecule has 0 aliphatic heterocycles. The summed E-state index contributed by atoms with van der Waals surface area (Å²) in [5, 5.41) is 42.2. The van der Waals surface area contributed by atoms with Gasteiger partial charge in [-0.05, 0) is 0 Å². The normalized spacial score (nSPS) is 7.35. The molecule has 0 amide bonds. The molecule has 13 heteroatoms. The second kappa shape index (κ2) is 11.2. The molecule has 0 spiro atoms. The molecule has 0 heterocycles. The highest BCUT2D eigenvalue weighted by atomic mass is 16.9. The molecule has 6 N–H and O–H groups in total. The van der Waals surface area contributed by atoms with Crippen LogP contribution in [0, 0.1) is 25.6 Å². The maximum atomic E-state index is 9.92. The number of likely N-dealkylation sites (N-methyl/N-ethyl adjacent to an activating group) is 1. The van der Waals surface area contributed by atoms with Crippen LogP contribution in [0.3, 0.4) is 0 Å². The summed E-state index contributed by atoms with van der Waals surface area (Å²) in [6, 6.07) is 0. The van der Waals surface area contributed by atoms with Gasteiger partial charge in [0.25, 0.3) is 10.2 Å². The average molecular weight is 257 g/mol. The number of nitrogens with two attached hydrogens (primary N) is 1. The fraction of sp³-hybridized carbons (Fsp3) is 0.500. The first-order valence-corrected chi connectivity index (χ1v) is 3.44. The molecule has 0 atom stereocenters. The van der Waals surface area contributed by atoms with E-state index in [2.05, 4.69) is 0 Å². The fourth-order valence-electron chi connectivity index (χ4n) is 0.288. The summed E-state index contributed by atoms with van der Waals surface area (Å²) in [7, 11) is 1.44. The van der Waals surface area contributed by atoms with Crippen LogP contribution in [0.4, 0.5) is 0 Å². The molecule has 0 aliphatic carbocycles. The Kier molecular flexibility index (Phi) is 13.0. The second-order valence-electron chi connectivity index (χ2n) is 2.11. The topological polar surface area (TPSA) is 217 Å². The van der Waals surface area contributed by atoms with Gasteiger partial charge in [0, 0.05) is 7.05 Å². The number of hydrogen-bond donors (Lipinski definition) is 5. The van der Waals surface area contributed by atoms with Crippen molar-refractivity contribution in [1.82, 2.24) is 4.90 Å². The first kappa shape index (κ1) is 19.7. The highest BCUT2D eigenvalue weighted by molar-refractivity contribution is 5.79. The van der Waals surface area contributed by atoms with Gasteiger partial charge in [-0.15, -0.1) is 20.2 Å². The molecule has 17 heavy (non-hydrogen) atoms. The van der Waals surface area contributed by atoms with Crippen LogP contribution in [-0.4, -0.2) is 56.1 Å². The van der Waals surface area contributed by atoms with Crippen molar-refractivity contribution < 1.29 is 30.5 Å². The summed E-state index contributed by atoms with van der Waals surface area (Å²) in [6.45, 7) is -0.227. The smallest absolute Gasteiger partial charge is 0.323 e. The minimum atomic E-state index is -1.50. The predicted octanol–water partition coefficient (Wildman–Crippen LogP) is -1.80. The van der Waals surface area contributed by atoms with Gasteiger partial charge in [-0.1, -0.05) is 0 Å². The van der Waals surface area contributed by atoms with E-state index in [1.807, 2.05) is 0 Å². The van der Waals surface area contributed by atoms with Crippen LogP contribution in [0.15, 0.2) is 0 Å². The molecule has 0 bridgehead atoms. The SMILES string of the molecule is CN(CC(=O)O)C(=N)N.O=[N+]([O-])O.O=[N+]([O-])O. The van der Waals surface area contributed by atoms with Gasteiger partial charge in [0.15, 0.2) is 5.96 Å². The molecule has 0 fully saturated rings. The van der Waals surface area contributed by atoms with Gasteiger partial charge in [0.2, 0.25) is 0 Å². The van der Waals surface area contributed by atoms with Crippen molar-refractivity contribution in [3.63, 3.8) is 0 Å². The summed E-state index contributed by atoms with van der Waals surface area (Å²) in [5.74, 6) is -1.23. The largest absolute Gasteiger partial charge is 0.480 e. The molecule has 0 saturated carbocycles. The molecule has 0 aliphatic rings. The first-order chi connectivity index (χ1) is 7.50. The molecule has 0 aromatic rings. The van der Waals surface area contributed by atoms with Gasteiger partial charge >= 0.3 is 5.97 Å². The number of nitrogens with one attached hydrogen (secondary N) is 1. The van der Waals surface area contributed by atoms with E-state index in [1.165, 1.54) is 7.05 Å². The van der Waals surface area contributed by atoms with E-state index < -0.39 is 16.1 Å². The molecular formula is C4H11N5O8. The third-order valence-electron chi connectivity index (χ3n) is 0.784. The van der Waals surface area contributed by atoms with Crippen LogP contribution in [-0.2, 0) is 4.79 Å². The van der Waals surface area contributed by atoms with E-state index >= 15 is 0 Å². The van der Waals surface area contributed by atoms with E-state index in [9.17, 15) is 4.79 Å². The Hall–Kier alpha value is -2.86. The summed E-state index contributed by atoms with van der Waals surface area (Å²) in [5.41, 5.74) is 4.93. The van der Waals surface area contributed by atoms with Crippen LogP contribution in [0.1, 0.15) is 0 Å². The Morgan fingerprint density at radius 3 is 1.65 bits per heavy atom. The van der Waals surface area contributed by atoms with Crippen molar-refractivity contribution in [1.29, 1.82) is 5.41 Å². The predicted molar refractivity (Wildman–Crippen MR) is 49.7 cm³/mol. The molecule has 0 aromatic heterocycles. The molecule has 0 saturated heterocycles. The zero-order chi connectivity index (χ0) is 14.6. The Labute approximate surface area is 93.4 Å². The summed E-state index contributed by atoms with van der Waals surface area (Å²) in [4.78, 5) is 27.8. The Balaban J connectivity index is -0.000000205. The van der Waals surface area contributed by atoms with E-state index in [0.717, 1.165) is 4.90 Å². The summed E-state index contributed by atoms with van der Waals surface area (Å²) in [6.07, 6.45) is 0. The molecule has 13 nitrogen and oxygen atoms in total. The van der Waals surface area contributed by atoms with E-state index in [0.29, 0.717) is 0 Å². The van der Waals surface area contributed by atoms with Gasteiger partial charge < -0.3 is 26.2 Å². The molecule has 100 valence electrons. The Bertz CT molecular complexity index is 259. The maximum absolute atomic E-state index is 9.92. The van der Waals surface area contributed by atoms with Crippen LogP contribution in [0.25, 0.3) is 0 Å². The van der Waals surface area contributed by atoms with Crippen molar-refractivity contribution in [2.24, 2.45) is 5.73 Å². The Morgan fingerprint density at radius 1 is 1.35 bits per heavy atom. The zero-order valence-corrected chi connectivity index (χ0v) is 8.51. The van der Waals surface area contributed by atoms with Gasteiger partial charge in [0.1, 0.15) is 6.54 Å². The van der Waals surface area contributed by atoms with Crippen molar-refractivity contribution in [3.8, 4) is 0 Å². The van der Waals surface area contributed by atoms with E-state index in [4.69, 9.17) is 46.9 Å². The number of nitrogens with zero attached hydrogens (tertiary/aromatic N) is 3. The van der Waals surface area contributed by atoms with Gasteiger partial charge in [0.05, 0.1) is 0 Å². The fourth-order valence-corrected chi connectivity index (χ4v) is 0.288. The highest BCUT2D eigenvalue weighted by Crippen LogP contribution is 1.76. The lowest BCUT2D eigenvalue weighted by molar-refractivity contribution is -0.742. The van der Waals surface area contributed by atoms with Crippen LogP contribution < -0.4 is 5.73 Å². The monoisotopic (exact) mass is 257 g/mol. The maximum Gasteiger partial charge on any atom is 0.323 e. The molecule has 0 radical (unpaired) electrons. The number of carboxylic acid groups (broad SMARTS) is 1. The average Bonchev–Trinajstić information content (AvgIpc) is 1.99. The van der Waals surface area contributed by atoms with Crippen LogP contribution >= 0.6 is 0 Å². The van der Waals surface area contributed by atoms with Crippen molar-refractivity contribution in [2.75, 3.05) is 13.6 Å². The lowest BCUT2D eigenvalue weighted by Gasteiger charge is -2.12. The highest BCUT2D eigenvalue weighted by Gasteiger charge is 2.03. The van der Waals surface area contributed by atoms with Crippen molar-refractivity contribution in [2.45, 2.75) is 0 Å². The molecule has 0 rings (SSSR count). The van der Waals surface area contributed by atoms with Gasteiger partial charge in [-0.2, -0.15) is 0 Å². The third kappa shape index (κ3) is 61.7. The van der Waals surface area contributed by atoms with E-state index in [-0.39, 0.29) is 12.5 Å².